The van der Waals surface area contributed by atoms with Crippen molar-refractivity contribution in [2.75, 3.05) is 19.5 Å². The predicted molar refractivity (Wildman–Crippen MR) is 83.3 cm³/mol. The van der Waals surface area contributed by atoms with E-state index in [1.165, 1.54) is 12.7 Å². The summed E-state index contributed by atoms with van der Waals surface area (Å²) in [6.45, 7) is 2.09. The van der Waals surface area contributed by atoms with Gasteiger partial charge in [0.1, 0.15) is 11.5 Å². The molecule has 2 aromatic carbocycles. The van der Waals surface area contributed by atoms with Gasteiger partial charge in [-0.25, -0.2) is 0 Å². The number of carbonyl (C=O) groups excluding carboxylic acids is 1. The molecule has 1 amide bonds. The highest BCUT2D eigenvalue weighted by molar-refractivity contribution is 6.06. The number of carbonyl (C=O) groups is 1. The number of anilines is 1. The summed E-state index contributed by atoms with van der Waals surface area (Å²) in [6, 6.07) is 12.9. The molecule has 2 aromatic rings. The minimum absolute atomic E-state index is 0.227. The maximum atomic E-state index is 12.4. The number of hydrogen-bond donors (Lipinski definition) is 1. The first-order valence-electron chi connectivity index (χ1n) is 6.80. The number of hydrogen-bond acceptors (Lipinski definition) is 3. The maximum absolute atomic E-state index is 12.4. The van der Waals surface area contributed by atoms with Crippen LogP contribution in [0.3, 0.4) is 0 Å². The lowest BCUT2D eigenvalue weighted by Gasteiger charge is -2.11. The Balaban J connectivity index is 2.22. The molecule has 21 heavy (non-hydrogen) atoms. The fourth-order valence-corrected chi connectivity index (χ4v) is 2.01. The van der Waals surface area contributed by atoms with Gasteiger partial charge in [-0.2, -0.15) is 0 Å². The molecule has 0 aliphatic carbocycles. The number of rotatable bonds is 5. The van der Waals surface area contributed by atoms with Gasteiger partial charge < -0.3 is 14.8 Å². The van der Waals surface area contributed by atoms with Crippen molar-refractivity contribution in [2.45, 2.75) is 13.3 Å². The molecule has 0 aliphatic rings. The summed E-state index contributed by atoms with van der Waals surface area (Å²) in [4.78, 5) is 12.4. The summed E-state index contributed by atoms with van der Waals surface area (Å²) in [6.07, 6.45) is 0.970. The van der Waals surface area contributed by atoms with Crippen LogP contribution in [-0.4, -0.2) is 20.1 Å². The van der Waals surface area contributed by atoms with Gasteiger partial charge in [0.05, 0.1) is 19.8 Å². The van der Waals surface area contributed by atoms with Crippen LogP contribution in [0.4, 0.5) is 5.69 Å². The van der Waals surface area contributed by atoms with Gasteiger partial charge >= 0.3 is 0 Å². The summed E-state index contributed by atoms with van der Waals surface area (Å²) >= 11 is 0. The quantitative estimate of drug-likeness (QED) is 0.914. The molecule has 0 aromatic heterocycles. The highest BCUT2D eigenvalue weighted by atomic mass is 16.5. The van der Waals surface area contributed by atoms with E-state index < -0.39 is 0 Å². The topological polar surface area (TPSA) is 47.6 Å². The van der Waals surface area contributed by atoms with E-state index in [1.54, 1.807) is 25.3 Å². The van der Waals surface area contributed by atoms with Crippen molar-refractivity contribution in [2.24, 2.45) is 0 Å². The monoisotopic (exact) mass is 285 g/mol. The second-order valence-electron chi connectivity index (χ2n) is 4.57. The zero-order valence-corrected chi connectivity index (χ0v) is 12.5. The number of methoxy groups -OCH3 is 2. The van der Waals surface area contributed by atoms with Gasteiger partial charge in [0.15, 0.2) is 0 Å². The second-order valence-corrected chi connectivity index (χ2v) is 4.57. The summed E-state index contributed by atoms with van der Waals surface area (Å²) in [5.74, 6) is 0.899. The number of nitrogens with one attached hydrogen (secondary N) is 1. The normalized spacial score (nSPS) is 10.0. The number of benzene rings is 2. The van der Waals surface area contributed by atoms with Gasteiger partial charge in [-0.05, 0) is 42.3 Å². The summed E-state index contributed by atoms with van der Waals surface area (Å²) in [5, 5.41) is 2.86. The van der Waals surface area contributed by atoms with Gasteiger partial charge in [-0.3, -0.25) is 4.79 Å². The van der Waals surface area contributed by atoms with Crippen molar-refractivity contribution in [1.29, 1.82) is 0 Å². The molecule has 2 rings (SSSR count). The molecule has 0 spiro atoms. The first-order valence-corrected chi connectivity index (χ1v) is 6.80. The Labute approximate surface area is 124 Å². The molecule has 0 saturated heterocycles. The zero-order chi connectivity index (χ0) is 15.2. The van der Waals surface area contributed by atoms with Gasteiger partial charge in [0.25, 0.3) is 5.91 Å². The van der Waals surface area contributed by atoms with Crippen LogP contribution in [0.1, 0.15) is 22.8 Å². The molecule has 4 heteroatoms. The Morgan fingerprint density at radius 3 is 2.33 bits per heavy atom. The van der Waals surface area contributed by atoms with E-state index in [2.05, 4.69) is 12.2 Å². The van der Waals surface area contributed by atoms with Crippen molar-refractivity contribution >= 4 is 11.6 Å². The zero-order valence-electron chi connectivity index (χ0n) is 12.5. The van der Waals surface area contributed by atoms with Crippen molar-refractivity contribution in [3.05, 3.63) is 53.6 Å². The van der Waals surface area contributed by atoms with Gasteiger partial charge in [0, 0.05) is 5.69 Å². The van der Waals surface area contributed by atoms with Gasteiger partial charge in [0.2, 0.25) is 0 Å². The number of aryl methyl sites for hydroxylation is 1. The lowest BCUT2D eigenvalue weighted by molar-refractivity contribution is 0.102. The van der Waals surface area contributed by atoms with Crippen LogP contribution < -0.4 is 14.8 Å². The molecule has 1 N–H and O–H groups in total. The van der Waals surface area contributed by atoms with E-state index in [9.17, 15) is 4.79 Å². The van der Waals surface area contributed by atoms with Crippen LogP contribution in [0.2, 0.25) is 0 Å². The van der Waals surface area contributed by atoms with Crippen LogP contribution in [0.5, 0.6) is 11.5 Å². The van der Waals surface area contributed by atoms with E-state index >= 15 is 0 Å². The lowest BCUT2D eigenvalue weighted by atomic mass is 10.1. The molecule has 0 saturated carbocycles. The molecule has 0 aliphatic heterocycles. The number of amides is 1. The molecule has 110 valence electrons. The van der Waals surface area contributed by atoms with Crippen LogP contribution in [0.25, 0.3) is 0 Å². The largest absolute Gasteiger partial charge is 0.497 e. The van der Waals surface area contributed by atoms with Crippen molar-refractivity contribution in [3.8, 4) is 11.5 Å². The Kier molecular flexibility index (Phi) is 4.82. The third-order valence-corrected chi connectivity index (χ3v) is 3.27. The van der Waals surface area contributed by atoms with E-state index in [0.29, 0.717) is 17.1 Å². The minimum atomic E-state index is -0.227. The first kappa shape index (κ1) is 14.9. The van der Waals surface area contributed by atoms with Crippen LogP contribution in [-0.2, 0) is 6.42 Å². The molecule has 0 radical (unpaired) electrons. The molecule has 4 nitrogen and oxygen atoms in total. The third-order valence-electron chi connectivity index (χ3n) is 3.27. The summed E-state index contributed by atoms with van der Waals surface area (Å²) in [7, 11) is 3.10. The van der Waals surface area contributed by atoms with Crippen LogP contribution >= 0.6 is 0 Å². The van der Waals surface area contributed by atoms with E-state index in [4.69, 9.17) is 9.47 Å². The van der Waals surface area contributed by atoms with Crippen LogP contribution in [0, 0.1) is 0 Å². The molecule has 0 bridgehead atoms. The fourth-order valence-electron chi connectivity index (χ4n) is 2.01. The molecular weight excluding hydrogens is 266 g/mol. The van der Waals surface area contributed by atoms with Crippen molar-refractivity contribution in [3.63, 3.8) is 0 Å². The van der Waals surface area contributed by atoms with Crippen LogP contribution in [0.15, 0.2) is 42.5 Å². The molecule has 0 fully saturated rings. The second kappa shape index (κ2) is 6.79. The van der Waals surface area contributed by atoms with Gasteiger partial charge in [-0.15, -0.1) is 0 Å². The number of ether oxygens (including phenoxy) is 2. The lowest BCUT2D eigenvalue weighted by Crippen LogP contribution is -2.13. The maximum Gasteiger partial charge on any atom is 0.259 e. The fraction of sp³-hybridized carbons (Fsp3) is 0.235. The average molecular weight is 285 g/mol. The Bertz CT molecular complexity index is 620. The van der Waals surface area contributed by atoms with E-state index in [-0.39, 0.29) is 5.91 Å². The summed E-state index contributed by atoms with van der Waals surface area (Å²) in [5.41, 5.74) is 2.42. The average Bonchev–Trinajstić information content (AvgIpc) is 2.54. The van der Waals surface area contributed by atoms with Crippen molar-refractivity contribution < 1.29 is 14.3 Å². The Morgan fingerprint density at radius 2 is 1.76 bits per heavy atom. The van der Waals surface area contributed by atoms with E-state index in [1.807, 2.05) is 24.3 Å². The molecule has 0 atom stereocenters. The molecule has 0 unspecified atom stereocenters. The third kappa shape index (κ3) is 3.54. The molecule has 0 heterocycles. The van der Waals surface area contributed by atoms with Crippen molar-refractivity contribution in [1.82, 2.24) is 0 Å². The smallest absolute Gasteiger partial charge is 0.259 e. The standard InChI is InChI=1S/C17H19NO3/c1-4-12-5-7-13(8-6-12)18-17(19)15-11-14(20-2)9-10-16(15)21-3/h5-11H,4H2,1-3H3,(H,18,19). The molecular formula is C17H19NO3. The van der Waals surface area contributed by atoms with E-state index in [0.717, 1.165) is 12.1 Å². The highest BCUT2D eigenvalue weighted by Crippen LogP contribution is 2.25. The summed E-state index contributed by atoms with van der Waals surface area (Å²) < 4.78 is 10.4. The first-order chi connectivity index (χ1) is 10.2. The van der Waals surface area contributed by atoms with Gasteiger partial charge in [-0.1, -0.05) is 19.1 Å². The Hall–Kier alpha value is -2.49. The SMILES string of the molecule is CCc1ccc(NC(=O)c2cc(OC)ccc2OC)cc1. The predicted octanol–water partition coefficient (Wildman–Crippen LogP) is 3.52. The highest BCUT2D eigenvalue weighted by Gasteiger charge is 2.13. The Morgan fingerprint density at radius 1 is 1.05 bits per heavy atom. The minimum Gasteiger partial charge on any atom is -0.497 e.